The van der Waals surface area contributed by atoms with Crippen molar-refractivity contribution in [1.82, 2.24) is 10.2 Å². The zero-order valence-corrected chi connectivity index (χ0v) is 24.9. The summed E-state index contributed by atoms with van der Waals surface area (Å²) in [6.45, 7) is 13.7. The first-order chi connectivity index (χ1) is 17.6. The first kappa shape index (κ1) is 29.5. The van der Waals surface area contributed by atoms with Crippen LogP contribution in [0.15, 0.2) is 24.3 Å². The van der Waals surface area contributed by atoms with Crippen LogP contribution in [0.25, 0.3) is 0 Å². The number of halogens is 1. The van der Waals surface area contributed by atoms with Crippen LogP contribution in [0.1, 0.15) is 67.2 Å². The fourth-order valence-electron chi connectivity index (χ4n) is 4.99. The molecular formula is C29H39BrN4O4. The highest BCUT2D eigenvalue weighted by molar-refractivity contribution is 8.93. The maximum Gasteiger partial charge on any atom is 0.224 e. The zero-order valence-electron chi connectivity index (χ0n) is 23.2. The van der Waals surface area contributed by atoms with E-state index in [4.69, 9.17) is 14.9 Å². The van der Waals surface area contributed by atoms with Gasteiger partial charge in [-0.1, -0.05) is 20.8 Å². The van der Waals surface area contributed by atoms with Crippen molar-refractivity contribution >= 4 is 40.2 Å². The summed E-state index contributed by atoms with van der Waals surface area (Å²) in [6, 6.07) is 7.66. The third-order valence-corrected chi connectivity index (χ3v) is 7.01. The number of Topliss-reactive ketones (excluding diaryl/α,β-unsaturated/α-hetero) is 1. The van der Waals surface area contributed by atoms with Gasteiger partial charge in [0.25, 0.3) is 0 Å². The standard InChI is InChI=1S/C29H38N4O4.BrH/c1-7-32-9-10-37-27-22(29(3,4)5)12-18(13-23(27)32)24(34)17-33-16-20-14-25(36-8-2)19(15-26(35)31-6)11-21(20)28(33)30;/h11-14,30H,7-10,15-17H2,1-6H3,(H,31,35);1H. The number of benzene rings is 2. The summed E-state index contributed by atoms with van der Waals surface area (Å²) < 4.78 is 11.9. The van der Waals surface area contributed by atoms with E-state index < -0.39 is 0 Å². The van der Waals surface area contributed by atoms with Crippen LogP contribution >= 0.6 is 17.0 Å². The molecule has 4 rings (SSSR count). The van der Waals surface area contributed by atoms with Gasteiger partial charge in [0.15, 0.2) is 5.78 Å². The molecule has 0 fully saturated rings. The molecule has 0 aliphatic carbocycles. The number of anilines is 1. The number of amidine groups is 1. The molecule has 2 aromatic rings. The highest BCUT2D eigenvalue weighted by Crippen LogP contribution is 2.42. The lowest BCUT2D eigenvalue weighted by atomic mass is 9.84. The van der Waals surface area contributed by atoms with Gasteiger partial charge in [-0.05, 0) is 49.1 Å². The van der Waals surface area contributed by atoms with Crippen LogP contribution in [0, 0.1) is 5.41 Å². The van der Waals surface area contributed by atoms with Crippen molar-refractivity contribution in [1.29, 1.82) is 5.41 Å². The number of amides is 1. The molecule has 2 aliphatic heterocycles. The van der Waals surface area contributed by atoms with Gasteiger partial charge in [-0.25, -0.2) is 0 Å². The minimum atomic E-state index is -0.190. The molecule has 2 aromatic carbocycles. The van der Waals surface area contributed by atoms with Gasteiger partial charge in [0.1, 0.15) is 23.9 Å². The Labute approximate surface area is 235 Å². The SMILES string of the molecule is Br.CCOc1cc2c(cc1CC(=O)NC)C(=N)N(CC(=O)c1cc3c(c(C(C)(C)C)c1)OCCN3CC)C2. The number of nitrogens with one attached hydrogen (secondary N) is 2. The maximum absolute atomic E-state index is 13.6. The highest BCUT2D eigenvalue weighted by atomic mass is 79.9. The lowest BCUT2D eigenvalue weighted by Crippen LogP contribution is -2.34. The first-order valence-electron chi connectivity index (χ1n) is 13.0. The number of ether oxygens (including phenoxy) is 2. The molecule has 2 aliphatic rings. The van der Waals surface area contributed by atoms with Crippen molar-refractivity contribution in [2.45, 2.75) is 53.0 Å². The molecule has 0 bridgehead atoms. The lowest BCUT2D eigenvalue weighted by Gasteiger charge is -2.35. The summed E-state index contributed by atoms with van der Waals surface area (Å²) >= 11 is 0. The van der Waals surface area contributed by atoms with Crippen molar-refractivity contribution in [3.63, 3.8) is 0 Å². The number of carbonyl (C=O) groups excluding carboxylic acids is 2. The van der Waals surface area contributed by atoms with Gasteiger partial charge in [-0.15, -0.1) is 17.0 Å². The second kappa shape index (κ2) is 11.8. The van der Waals surface area contributed by atoms with Crippen LogP contribution in [0.4, 0.5) is 5.69 Å². The quantitative estimate of drug-likeness (QED) is 0.442. The maximum atomic E-state index is 13.6. The van der Waals surface area contributed by atoms with Crippen LogP contribution in [0.5, 0.6) is 11.5 Å². The molecule has 1 amide bonds. The van der Waals surface area contributed by atoms with Crippen LogP contribution in [0.2, 0.25) is 0 Å². The van der Waals surface area contributed by atoms with E-state index in [-0.39, 0.29) is 52.9 Å². The van der Waals surface area contributed by atoms with Gasteiger partial charge < -0.3 is 24.6 Å². The lowest BCUT2D eigenvalue weighted by molar-refractivity contribution is -0.119. The summed E-state index contributed by atoms with van der Waals surface area (Å²) in [7, 11) is 1.60. The van der Waals surface area contributed by atoms with Crippen molar-refractivity contribution in [2.75, 3.05) is 44.8 Å². The third kappa shape index (κ3) is 5.82. The monoisotopic (exact) mass is 586 g/mol. The van der Waals surface area contributed by atoms with Crippen LogP contribution in [0.3, 0.4) is 0 Å². The predicted octanol–water partition coefficient (Wildman–Crippen LogP) is 4.49. The minimum absolute atomic E-state index is 0. The first-order valence-corrected chi connectivity index (χ1v) is 13.0. The molecule has 0 radical (unpaired) electrons. The second-order valence-corrected chi connectivity index (χ2v) is 10.6. The number of fused-ring (bicyclic) bond motifs is 2. The predicted molar refractivity (Wildman–Crippen MR) is 156 cm³/mol. The second-order valence-electron chi connectivity index (χ2n) is 10.6. The normalized spacial score (nSPS) is 14.3. The highest BCUT2D eigenvalue weighted by Gasteiger charge is 2.31. The molecular weight excluding hydrogens is 548 g/mol. The Bertz CT molecular complexity index is 1240. The number of hydrogen-bond donors (Lipinski definition) is 2. The van der Waals surface area contributed by atoms with E-state index in [0.29, 0.717) is 31.1 Å². The van der Waals surface area contributed by atoms with E-state index in [1.165, 1.54) is 0 Å². The van der Waals surface area contributed by atoms with Gasteiger partial charge in [0.05, 0.1) is 31.8 Å². The average molecular weight is 588 g/mol. The van der Waals surface area contributed by atoms with Gasteiger partial charge in [0.2, 0.25) is 5.91 Å². The molecule has 2 heterocycles. The Hall–Kier alpha value is -3.07. The molecule has 9 heteroatoms. The van der Waals surface area contributed by atoms with E-state index in [1.54, 1.807) is 11.9 Å². The van der Waals surface area contributed by atoms with Gasteiger partial charge in [-0.2, -0.15) is 0 Å². The van der Waals surface area contributed by atoms with Crippen LogP contribution in [-0.4, -0.2) is 62.3 Å². The Morgan fingerprint density at radius 1 is 1.13 bits per heavy atom. The van der Waals surface area contributed by atoms with Crippen molar-refractivity contribution in [2.24, 2.45) is 0 Å². The van der Waals surface area contributed by atoms with E-state index in [1.807, 2.05) is 31.2 Å². The summed E-state index contributed by atoms with van der Waals surface area (Å²) in [5, 5.41) is 11.4. The number of likely N-dealkylation sites (N-methyl/N-ethyl adjacent to an activating group) is 2. The smallest absolute Gasteiger partial charge is 0.224 e. The molecule has 8 nitrogen and oxygen atoms in total. The average Bonchev–Trinajstić information content (AvgIpc) is 3.16. The van der Waals surface area contributed by atoms with E-state index in [2.05, 4.69) is 37.9 Å². The van der Waals surface area contributed by atoms with Crippen molar-refractivity contribution in [3.05, 3.63) is 52.1 Å². The molecule has 0 saturated heterocycles. The largest absolute Gasteiger partial charge is 0.494 e. The van der Waals surface area contributed by atoms with Crippen LogP contribution in [-0.2, 0) is 23.2 Å². The Balaban J connectivity index is 0.00000400. The fourth-order valence-corrected chi connectivity index (χ4v) is 4.99. The number of ketones is 1. The summed E-state index contributed by atoms with van der Waals surface area (Å²) in [5.74, 6) is 1.64. The molecule has 2 N–H and O–H groups in total. The topological polar surface area (TPSA) is 95.0 Å². The van der Waals surface area contributed by atoms with Gasteiger partial charge in [0, 0.05) is 42.4 Å². The molecule has 38 heavy (non-hydrogen) atoms. The number of hydrogen-bond acceptors (Lipinski definition) is 6. The van der Waals surface area contributed by atoms with Crippen molar-refractivity contribution < 1.29 is 19.1 Å². The zero-order chi connectivity index (χ0) is 26.9. The third-order valence-electron chi connectivity index (χ3n) is 7.01. The molecule has 0 saturated carbocycles. The fraction of sp³-hybridized carbons (Fsp3) is 0.483. The number of rotatable bonds is 8. The summed E-state index contributed by atoms with van der Waals surface area (Å²) in [6.07, 6.45) is 0.173. The molecule has 0 aromatic heterocycles. The van der Waals surface area contributed by atoms with Gasteiger partial charge in [-0.3, -0.25) is 15.0 Å². The molecule has 0 unspecified atom stereocenters. The van der Waals surface area contributed by atoms with Crippen LogP contribution < -0.4 is 19.7 Å². The number of carbonyl (C=O) groups is 2. The van der Waals surface area contributed by atoms with E-state index in [9.17, 15) is 9.59 Å². The van der Waals surface area contributed by atoms with E-state index >= 15 is 0 Å². The Kier molecular flexibility index (Phi) is 9.13. The Morgan fingerprint density at radius 3 is 2.50 bits per heavy atom. The molecule has 0 atom stereocenters. The number of nitrogens with zero attached hydrogens (tertiary/aromatic N) is 2. The summed E-state index contributed by atoms with van der Waals surface area (Å²) in [4.78, 5) is 29.7. The van der Waals surface area contributed by atoms with Crippen molar-refractivity contribution in [3.8, 4) is 11.5 Å². The summed E-state index contributed by atoms with van der Waals surface area (Å²) in [5.41, 5.74) is 4.82. The minimum Gasteiger partial charge on any atom is -0.494 e. The Morgan fingerprint density at radius 2 is 1.87 bits per heavy atom. The molecule has 0 spiro atoms. The van der Waals surface area contributed by atoms with E-state index in [0.717, 1.165) is 46.8 Å². The van der Waals surface area contributed by atoms with Gasteiger partial charge >= 0.3 is 0 Å². The molecule has 206 valence electrons.